The van der Waals surface area contributed by atoms with Crippen molar-refractivity contribution >= 4 is 33.5 Å². The standard InChI is InChI=1S/C8H6O4.C3H4S2/c9-7(10)5-1-2-6(4-3-5)8(11)12;1-2-4-5-3-1/h1-4H,(H,9,10)(H,11,12);1-2H,3H2. The van der Waals surface area contributed by atoms with Crippen LogP contribution in [0, 0.1) is 0 Å². The Morgan fingerprint density at radius 2 is 1.47 bits per heavy atom. The van der Waals surface area contributed by atoms with Gasteiger partial charge in [-0.2, -0.15) is 0 Å². The molecule has 0 aromatic heterocycles. The maximum atomic E-state index is 10.3. The van der Waals surface area contributed by atoms with E-state index in [1.54, 1.807) is 0 Å². The number of hydrogen-bond donors (Lipinski definition) is 2. The normalized spacial score (nSPS) is 12.7. The molecule has 0 saturated carbocycles. The van der Waals surface area contributed by atoms with Crippen LogP contribution in [0.1, 0.15) is 20.7 Å². The smallest absolute Gasteiger partial charge is 0.335 e. The molecule has 4 nitrogen and oxygen atoms in total. The summed E-state index contributed by atoms with van der Waals surface area (Å²) in [6.07, 6.45) is 2.16. The molecule has 0 unspecified atom stereocenters. The molecule has 6 heteroatoms. The molecule has 0 fully saturated rings. The van der Waals surface area contributed by atoms with Crippen LogP contribution in [0.3, 0.4) is 0 Å². The molecule has 0 saturated heterocycles. The van der Waals surface area contributed by atoms with Crippen molar-refractivity contribution in [2.24, 2.45) is 0 Å². The van der Waals surface area contributed by atoms with Gasteiger partial charge in [0.25, 0.3) is 0 Å². The van der Waals surface area contributed by atoms with Crippen LogP contribution in [0.15, 0.2) is 35.7 Å². The Morgan fingerprint density at radius 1 is 1.00 bits per heavy atom. The molecule has 1 heterocycles. The van der Waals surface area contributed by atoms with Crippen molar-refractivity contribution in [3.63, 3.8) is 0 Å². The summed E-state index contributed by atoms with van der Waals surface area (Å²) in [6.45, 7) is 0. The third-order valence-corrected chi connectivity index (χ3v) is 3.68. The zero-order chi connectivity index (χ0) is 12.7. The van der Waals surface area contributed by atoms with Crippen molar-refractivity contribution in [1.29, 1.82) is 0 Å². The third kappa shape index (κ3) is 4.97. The highest BCUT2D eigenvalue weighted by molar-refractivity contribution is 8.78. The summed E-state index contributed by atoms with van der Waals surface area (Å²) in [7, 11) is 3.69. The van der Waals surface area contributed by atoms with E-state index in [-0.39, 0.29) is 11.1 Å². The number of benzene rings is 1. The topological polar surface area (TPSA) is 74.6 Å². The largest absolute Gasteiger partial charge is 0.478 e. The van der Waals surface area contributed by atoms with Crippen LogP contribution in [0.4, 0.5) is 0 Å². The number of hydrogen-bond acceptors (Lipinski definition) is 4. The fourth-order valence-corrected chi connectivity index (χ4v) is 2.52. The summed E-state index contributed by atoms with van der Waals surface area (Å²) in [5.74, 6) is -0.927. The van der Waals surface area contributed by atoms with Gasteiger partial charge in [0, 0.05) is 5.75 Å². The molecule has 0 bridgehead atoms. The van der Waals surface area contributed by atoms with Gasteiger partial charge >= 0.3 is 11.9 Å². The summed E-state index contributed by atoms with van der Waals surface area (Å²) < 4.78 is 0. The molecule has 0 spiro atoms. The van der Waals surface area contributed by atoms with Gasteiger partial charge in [0.2, 0.25) is 0 Å². The summed E-state index contributed by atoms with van der Waals surface area (Å²) in [5, 5.41) is 19.0. The van der Waals surface area contributed by atoms with Crippen LogP contribution in [-0.4, -0.2) is 27.9 Å². The van der Waals surface area contributed by atoms with E-state index in [0.717, 1.165) is 0 Å². The van der Waals surface area contributed by atoms with Crippen molar-refractivity contribution < 1.29 is 19.8 Å². The summed E-state index contributed by atoms with van der Waals surface area (Å²) >= 11 is 0. The van der Waals surface area contributed by atoms with Crippen molar-refractivity contribution in [3.8, 4) is 0 Å². The van der Waals surface area contributed by atoms with Crippen LogP contribution >= 0.6 is 21.6 Å². The quantitative estimate of drug-likeness (QED) is 0.805. The van der Waals surface area contributed by atoms with E-state index in [4.69, 9.17) is 10.2 Å². The predicted octanol–water partition coefficient (Wildman–Crippen LogP) is 2.98. The first-order valence-corrected chi connectivity index (χ1v) is 6.99. The second kappa shape index (κ2) is 7.03. The first-order chi connectivity index (χ1) is 8.11. The van der Waals surface area contributed by atoms with Crippen molar-refractivity contribution in [2.45, 2.75) is 0 Å². The Hall–Kier alpha value is -1.40. The maximum absolute atomic E-state index is 10.3. The van der Waals surface area contributed by atoms with Gasteiger partial charge in [-0.15, -0.1) is 0 Å². The Kier molecular flexibility index (Phi) is 5.65. The zero-order valence-corrected chi connectivity index (χ0v) is 10.3. The van der Waals surface area contributed by atoms with E-state index >= 15 is 0 Å². The van der Waals surface area contributed by atoms with Crippen LogP contribution in [0.25, 0.3) is 0 Å². The van der Waals surface area contributed by atoms with Gasteiger partial charge in [-0.05, 0) is 29.7 Å². The molecule has 90 valence electrons. The highest BCUT2D eigenvalue weighted by Gasteiger charge is 2.04. The van der Waals surface area contributed by atoms with Crippen molar-refractivity contribution in [3.05, 3.63) is 46.9 Å². The molecule has 1 aromatic rings. The maximum Gasteiger partial charge on any atom is 0.335 e. The molecule has 1 aliphatic rings. The van der Waals surface area contributed by atoms with E-state index in [1.165, 1.54) is 30.0 Å². The van der Waals surface area contributed by atoms with Crippen LogP contribution in [0.5, 0.6) is 0 Å². The van der Waals surface area contributed by atoms with Crippen LogP contribution in [0.2, 0.25) is 0 Å². The van der Waals surface area contributed by atoms with Crippen molar-refractivity contribution in [2.75, 3.05) is 5.75 Å². The third-order valence-electron chi connectivity index (χ3n) is 1.76. The first kappa shape index (κ1) is 13.7. The fourth-order valence-electron chi connectivity index (χ4n) is 0.952. The number of carboxylic acids is 2. The van der Waals surface area contributed by atoms with Gasteiger partial charge < -0.3 is 10.2 Å². The average molecular weight is 270 g/mol. The number of carbonyl (C=O) groups is 2. The first-order valence-electron chi connectivity index (χ1n) is 4.61. The van der Waals surface area contributed by atoms with Crippen molar-refractivity contribution in [1.82, 2.24) is 0 Å². The summed E-state index contributed by atoms with van der Waals surface area (Å²) in [6, 6.07) is 5.02. The van der Waals surface area contributed by atoms with Gasteiger partial charge in [-0.25, -0.2) is 9.59 Å². The molecule has 1 aromatic carbocycles. The molecule has 2 rings (SSSR count). The van der Waals surface area contributed by atoms with E-state index in [9.17, 15) is 9.59 Å². The highest BCUT2D eigenvalue weighted by Crippen LogP contribution is 2.27. The highest BCUT2D eigenvalue weighted by atomic mass is 33.1. The van der Waals surface area contributed by atoms with E-state index in [0.29, 0.717) is 0 Å². The minimum absolute atomic E-state index is 0.0833. The lowest BCUT2D eigenvalue weighted by Gasteiger charge is -1.94. The Labute approximate surface area is 106 Å². The Balaban J connectivity index is 0.000000239. The number of rotatable bonds is 2. The predicted molar refractivity (Wildman–Crippen MR) is 69.5 cm³/mol. The van der Waals surface area contributed by atoms with E-state index < -0.39 is 11.9 Å². The monoisotopic (exact) mass is 270 g/mol. The average Bonchev–Trinajstić information content (AvgIpc) is 2.87. The Bertz CT molecular complexity index is 387. The van der Waals surface area contributed by atoms with Gasteiger partial charge in [-0.1, -0.05) is 27.7 Å². The number of aromatic carboxylic acids is 2. The Morgan fingerprint density at radius 3 is 1.65 bits per heavy atom. The molecular weight excluding hydrogens is 260 g/mol. The lowest BCUT2D eigenvalue weighted by Crippen LogP contribution is -1.99. The number of carboxylic acid groups (broad SMARTS) is 2. The molecule has 2 N–H and O–H groups in total. The molecule has 0 radical (unpaired) electrons. The second-order valence-corrected chi connectivity index (χ2v) is 5.26. The van der Waals surface area contributed by atoms with Crippen LogP contribution in [-0.2, 0) is 0 Å². The lowest BCUT2D eigenvalue weighted by atomic mass is 10.1. The van der Waals surface area contributed by atoms with E-state index in [2.05, 4.69) is 11.5 Å². The molecular formula is C11H10O4S2. The molecule has 0 aliphatic carbocycles. The fraction of sp³-hybridized carbons (Fsp3) is 0.0909. The van der Waals surface area contributed by atoms with Gasteiger partial charge in [0.15, 0.2) is 0 Å². The minimum Gasteiger partial charge on any atom is -0.478 e. The molecule has 0 atom stereocenters. The summed E-state index contributed by atoms with van der Waals surface area (Å²) in [5.41, 5.74) is 0.167. The minimum atomic E-state index is -1.06. The summed E-state index contributed by atoms with van der Waals surface area (Å²) in [4.78, 5) is 20.7. The van der Waals surface area contributed by atoms with Gasteiger partial charge in [-0.3, -0.25) is 0 Å². The second-order valence-electron chi connectivity index (χ2n) is 2.94. The van der Waals surface area contributed by atoms with E-state index in [1.807, 2.05) is 21.6 Å². The van der Waals surface area contributed by atoms with Crippen LogP contribution < -0.4 is 0 Å². The molecule has 1 aliphatic heterocycles. The molecule has 17 heavy (non-hydrogen) atoms. The zero-order valence-electron chi connectivity index (χ0n) is 8.70. The van der Waals surface area contributed by atoms with Gasteiger partial charge in [0.05, 0.1) is 11.1 Å². The SMILES string of the molecule is C1=CSSC1.O=C(O)c1ccc(C(=O)O)cc1. The lowest BCUT2D eigenvalue weighted by molar-refractivity contribution is 0.0681. The van der Waals surface area contributed by atoms with Gasteiger partial charge in [0.1, 0.15) is 0 Å². The molecule has 0 amide bonds.